The number of aldehydes is 1. The summed E-state index contributed by atoms with van der Waals surface area (Å²) in [4.78, 5) is 22.7. The number of nitrogens with one attached hydrogen (secondary N) is 1. The molecule has 0 saturated carbocycles. The third kappa shape index (κ3) is 7.37. The molecule has 37 heavy (non-hydrogen) atoms. The average Bonchev–Trinajstić information content (AvgIpc) is 2.88. The molecule has 216 valence electrons. The van der Waals surface area contributed by atoms with Crippen molar-refractivity contribution in [3.63, 3.8) is 0 Å². The number of hydrogen-bond donors (Lipinski definition) is 11. The Bertz CT molecular complexity index is 728. The molecule has 11 N–H and O–H groups in total. The van der Waals surface area contributed by atoms with Gasteiger partial charge in [0.1, 0.15) is 73.2 Å². The standard InChI is InChI=1S/C20H35NO16/c1-6(26)21-11-14(31)18(37-20-16(33)15(32)13(30)9(4-24)34-20)10(5-25)35-19(11)36-17(8(28)3-23)12(29)7(27)2-22/h2,7-20,23-25,27-33H,3-5H2,1H3,(H,21,26)/t7-,8-,9-,10-,11-,12-,13+,14-,15+,16-,17-,18-,19+,20+/m1/s1. The number of ether oxygens (including phenoxy) is 4. The third-order valence-corrected chi connectivity index (χ3v) is 6.05. The van der Waals surface area contributed by atoms with Gasteiger partial charge in [0.05, 0.1) is 19.8 Å². The van der Waals surface area contributed by atoms with Crippen molar-refractivity contribution in [2.75, 3.05) is 19.8 Å². The van der Waals surface area contributed by atoms with Gasteiger partial charge in [-0.1, -0.05) is 0 Å². The van der Waals surface area contributed by atoms with Gasteiger partial charge in [0, 0.05) is 6.92 Å². The maximum atomic E-state index is 11.8. The molecule has 2 aliphatic heterocycles. The summed E-state index contributed by atoms with van der Waals surface area (Å²) in [7, 11) is 0. The molecule has 1 amide bonds. The highest BCUT2D eigenvalue weighted by atomic mass is 16.7. The molecule has 0 aromatic rings. The zero-order chi connectivity index (χ0) is 28.0. The van der Waals surface area contributed by atoms with E-state index in [0.717, 1.165) is 6.92 Å². The fourth-order valence-electron chi connectivity index (χ4n) is 4.01. The quantitative estimate of drug-likeness (QED) is 0.102. The fraction of sp³-hybridized carbons (Fsp3) is 0.900. The molecule has 0 aliphatic carbocycles. The lowest BCUT2D eigenvalue weighted by atomic mass is 9.95. The van der Waals surface area contributed by atoms with Crippen molar-refractivity contribution in [2.45, 2.75) is 92.7 Å². The van der Waals surface area contributed by atoms with Crippen LogP contribution in [0, 0.1) is 0 Å². The van der Waals surface area contributed by atoms with Crippen molar-refractivity contribution in [1.29, 1.82) is 0 Å². The van der Waals surface area contributed by atoms with E-state index < -0.39 is 111 Å². The first kappa shape index (κ1) is 31.8. The van der Waals surface area contributed by atoms with Crippen LogP contribution in [-0.2, 0) is 28.5 Å². The monoisotopic (exact) mass is 545 g/mol. The number of rotatable bonds is 12. The van der Waals surface area contributed by atoms with E-state index in [-0.39, 0.29) is 6.29 Å². The van der Waals surface area contributed by atoms with Gasteiger partial charge in [-0.2, -0.15) is 0 Å². The second kappa shape index (κ2) is 14.1. The van der Waals surface area contributed by atoms with E-state index in [1.54, 1.807) is 0 Å². The smallest absolute Gasteiger partial charge is 0.217 e. The first-order valence-electron chi connectivity index (χ1n) is 11.3. The van der Waals surface area contributed by atoms with Gasteiger partial charge in [-0.3, -0.25) is 4.79 Å². The predicted molar refractivity (Wildman–Crippen MR) is 114 cm³/mol. The highest BCUT2D eigenvalue weighted by molar-refractivity contribution is 5.73. The van der Waals surface area contributed by atoms with Gasteiger partial charge in [-0.05, 0) is 0 Å². The number of carbonyl (C=O) groups is 2. The summed E-state index contributed by atoms with van der Waals surface area (Å²) in [6.07, 6.45) is -23.2. The van der Waals surface area contributed by atoms with Gasteiger partial charge in [-0.15, -0.1) is 0 Å². The molecule has 2 heterocycles. The second-order valence-corrected chi connectivity index (χ2v) is 8.71. The molecule has 0 bridgehead atoms. The zero-order valence-electron chi connectivity index (χ0n) is 19.7. The molecular formula is C20H35NO16. The van der Waals surface area contributed by atoms with Gasteiger partial charge in [0.15, 0.2) is 18.9 Å². The topological polar surface area (TPSA) is 285 Å². The molecule has 17 nitrogen and oxygen atoms in total. The van der Waals surface area contributed by atoms with Crippen LogP contribution >= 0.6 is 0 Å². The van der Waals surface area contributed by atoms with Crippen LogP contribution in [0.3, 0.4) is 0 Å². The molecule has 2 fully saturated rings. The number of hydrogen-bond acceptors (Lipinski definition) is 16. The Kier molecular flexibility index (Phi) is 12.1. The van der Waals surface area contributed by atoms with Crippen LogP contribution in [-0.4, -0.2) is 169 Å². The molecule has 0 unspecified atom stereocenters. The van der Waals surface area contributed by atoms with Crippen LogP contribution in [0.4, 0.5) is 0 Å². The van der Waals surface area contributed by atoms with Gasteiger partial charge >= 0.3 is 0 Å². The van der Waals surface area contributed by atoms with Crippen molar-refractivity contribution >= 4 is 12.2 Å². The van der Waals surface area contributed by atoms with E-state index in [9.17, 15) is 60.7 Å². The summed E-state index contributed by atoms with van der Waals surface area (Å²) in [5.41, 5.74) is 0. The Hall–Kier alpha value is -1.42. The van der Waals surface area contributed by atoms with Crippen LogP contribution < -0.4 is 5.32 Å². The third-order valence-electron chi connectivity index (χ3n) is 6.05. The Morgan fingerprint density at radius 1 is 0.919 bits per heavy atom. The van der Waals surface area contributed by atoms with E-state index in [2.05, 4.69) is 5.32 Å². The number of aliphatic hydroxyl groups is 10. The molecule has 0 spiro atoms. The predicted octanol–water partition coefficient (Wildman–Crippen LogP) is -7.59. The van der Waals surface area contributed by atoms with Crippen LogP contribution in [0.15, 0.2) is 0 Å². The lowest BCUT2D eigenvalue weighted by molar-refractivity contribution is -0.354. The summed E-state index contributed by atoms with van der Waals surface area (Å²) in [5, 5.41) is 102. The number of amides is 1. The highest BCUT2D eigenvalue weighted by Gasteiger charge is 2.52. The summed E-state index contributed by atoms with van der Waals surface area (Å²) in [6.45, 7) is -1.59. The van der Waals surface area contributed by atoms with E-state index >= 15 is 0 Å². The normalized spacial score (nSPS) is 39.9. The second-order valence-electron chi connectivity index (χ2n) is 8.71. The van der Waals surface area contributed by atoms with Crippen LogP contribution in [0.1, 0.15) is 6.92 Å². The Morgan fingerprint density at radius 2 is 1.51 bits per heavy atom. The number of carbonyl (C=O) groups excluding carboxylic acids is 2. The van der Waals surface area contributed by atoms with Gasteiger partial charge in [0.25, 0.3) is 0 Å². The Balaban J connectivity index is 2.32. The molecule has 0 radical (unpaired) electrons. The maximum Gasteiger partial charge on any atom is 0.217 e. The van der Waals surface area contributed by atoms with E-state index in [4.69, 9.17) is 18.9 Å². The molecule has 2 saturated heterocycles. The van der Waals surface area contributed by atoms with Crippen molar-refractivity contribution in [2.24, 2.45) is 0 Å². The van der Waals surface area contributed by atoms with Gasteiger partial charge < -0.3 is 80.1 Å². The minimum atomic E-state index is -2.09. The van der Waals surface area contributed by atoms with Gasteiger partial charge in [-0.25, -0.2) is 0 Å². The summed E-state index contributed by atoms with van der Waals surface area (Å²) in [5.74, 6) is -0.733. The lowest BCUT2D eigenvalue weighted by Crippen LogP contribution is -2.68. The molecule has 0 aromatic carbocycles. The van der Waals surface area contributed by atoms with Gasteiger partial charge in [0.2, 0.25) is 5.91 Å². The molecule has 0 aromatic heterocycles. The lowest BCUT2D eigenvalue weighted by Gasteiger charge is -2.48. The van der Waals surface area contributed by atoms with E-state index in [1.807, 2.05) is 0 Å². The summed E-state index contributed by atoms with van der Waals surface area (Å²) in [6, 6.07) is -1.57. The zero-order valence-corrected chi connectivity index (χ0v) is 19.7. The largest absolute Gasteiger partial charge is 0.394 e. The van der Waals surface area contributed by atoms with Crippen molar-refractivity contribution in [1.82, 2.24) is 5.32 Å². The first-order valence-corrected chi connectivity index (χ1v) is 11.3. The van der Waals surface area contributed by atoms with Crippen LogP contribution in [0.2, 0.25) is 0 Å². The van der Waals surface area contributed by atoms with Crippen LogP contribution in [0.25, 0.3) is 0 Å². The minimum absolute atomic E-state index is 0.0616. The molecule has 17 heteroatoms. The Morgan fingerprint density at radius 3 is 2.03 bits per heavy atom. The van der Waals surface area contributed by atoms with Crippen molar-refractivity contribution < 1.29 is 79.6 Å². The maximum absolute atomic E-state index is 11.8. The van der Waals surface area contributed by atoms with E-state index in [0.29, 0.717) is 0 Å². The molecule has 2 aliphatic rings. The SMILES string of the molecule is CC(=O)N[C@H]1[C@H](O[C@@H]([C@H](O)[C@H](O)C=O)[C@H](O)CO)O[C@H](CO)[C@@H](O[C@@H]2O[C@H](CO)[C@H](O)[C@H](O)[C@H]2O)[C@@H]1O. The number of aliphatic hydroxyl groups excluding tert-OH is 10. The average molecular weight is 545 g/mol. The Labute approximate surface area is 210 Å². The minimum Gasteiger partial charge on any atom is -0.394 e. The highest BCUT2D eigenvalue weighted by Crippen LogP contribution is 2.30. The molecular weight excluding hydrogens is 510 g/mol. The summed E-state index contributed by atoms with van der Waals surface area (Å²) >= 11 is 0. The van der Waals surface area contributed by atoms with E-state index in [1.165, 1.54) is 0 Å². The van der Waals surface area contributed by atoms with Crippen molar-refractivity contribution in [3.05, 3.63) is 0 Å². The molecule has 14 atom stereocenters. The fourth-order valence-corrected chi connectivity index (χ4v) is 4.01. The van der Waals surface area contributed by atoms with Crippen LogP contribution in [0.5, 0.6) is 0 Å². The summed E-state index contributed by atoms with van der Waals surface area (Å²) < 4.78 is 21.8. The first-order chi connectivity index (χ1) is 17.4. The van der Waals surface area contributed by atoms with Crippen molar-refractivity contribution in [3.8, 4) is 0 Å². The molecule has 2 rings (SSSR count).